The molecule has 20 heavy (non-hydrogen) atoms. The van der Waals surface area contributed by atoms with Crippen molar-refractivity contribution in [3.8, 4) is 11.4 Å². The van der Waals surface area contributed by atoms with Crippen LogP contribution in [0.5, 0.6) is 0 Å². The third kappa shape index (κ3) is 3.02. The first-order valence-electron chi connectivity index (χ1n) is 5.79. The summed E-state index contributed by atoms with van der Waals surface area (Å²) >= 11 is 0. The lowest BCUT2D eigenvalue weighted by Gasteiger charge is -2.06. The van der Waals surface area contributed by atoms with E-state index >= 15 is 0 Å². The van der Waals surface area contributed by atoms with E-state index in [4.69, 9.17) is 10.3 Å². The first-order valence-corrected chi connectivity index (χ1v) is 7.50. The smallest absolute Gasteiger partial charge is 0.242 e. The number of aromatic nitrogens is 2. The van der Waals surface area contributed by atoms with Crippen LogP contribution in [0.4, 0.5) is 0 Å². The van der Waals surface area contributed by atoms with Crippen LogP contribution in [0.25, 0.3) is 11.4 Å². The summed E-state index contributed by atoms with van der Waals surface area (Å²) in [7, 11) is -3.75. The number of benzene rings is 1. The minimum absolute atomic E-state index is 0.0723. The molecule has 0 fully saturated rings. The second-order valence-corrected chi connectivity index (χ2v) is 6.55. The number of nitrogens with zero attached hydrogens (tertiary/aromatic N) is 2. The second kappa shape index (κ2) is 5.41. The van der Waals surface area contributed by atoms with Crippen LogP contribution in [0.15, 0.2) is 34.9 Å². The fraction of sp³-hybridized carbons (Fsp3) is 0.250. The van der Waals surface area contributed by atoms with Crippen LogP contribution in [-0.4, -0.2) is 29.7 Å². The Labute approximate surface area is 115 Å². The minimum atomic E-state index is -3.75. The van der Waals surface area contributed by atoms with Gasteiger partial charge in [-0.2, -0.15) is 4.98 Å². The highest BCUT2D eigenvalue weighted by Gasteiger charge is 2.28. The van der Waals surface area contributed by atoms with Gasteiger partial charge < -0.3 is 10.3 Å². The lowest BCUT2D eigenvalue weighted by molar-refractivity contribution is -0.117. The SMILES string of the molecule is C[C@H](C(N)=O)S(=O)(=O)Cc1nc(-c2ccccc2)no1. The quantitative estimate of drug-likeness (QED) is 0.859. The van der Waals surface area contributed by atoms with Gasteiger partial charge in [-0.1, -0.05) is 35.5 Å². The highest BCUT2D eigenvalue weighted by molar-refractivity contribution is 7.91. The summed E-state index contributed by atoms with van der Waals surface area (Å²) in [5, 5.41) is 2.41. The van der Waals surface area contributed by atoms with Crippen molar-refractivity contribution in [1.82, 2.24) is 10.1 Å². The fourth-order valence-corrected chi connectivity index (χ4v) is 2.56. The van der Waals surface area contributed by atoms with Crippen molar-refractivity contribution in [3.63, 3.8) is 0 Å². The number of hydrogen-bond acceptors (Lipinski definition) is 6. The molecule has 0 radical (unpaired) electrons. The number of rotatable bonds is 5. The summed E-state index contributed by atoms with van der Waals surface area (Å²) in [5.41, 5.74) is 5.70. The molecule has 7 nitrogen and oxygen atoms in total. The maximum atomic E-state index is 11.9. The Bertz CT molecular complexity index is 709. The van der Waals surface area contributed by atoms with Crippen molar-refractivity contribution >= 4 is 15.7 Å². The van der Waals surface area contributed by atoms with E-state index in [2.05, 4.69) is 10.1 Å². The molecule has 0 spiro atoms. The third-order valence-electron chi connectivity index (χ3n) is 2.76. The predicted octanol–water partition coefficient (Wildman–Crippen LogP) is 0.525. The molecule has 1 amide bonds. The molecule has 1 aromatic carbocycles. The Morgan fingerprint density at radius 3 is 2.60 bits per heavy atom. The first-order chi connectivity index (χ1) is 9.40. The average molecular weight is 295 g/mol. The average Bonchev–Trinajstić information content (AvgIpc) is 2.86. The molecule has 0 aliphatic carbocycles. The number of primary amides is 1. The zero-order valence-electron chi connectivity index (χ0n) is 10.7. The van der Waals surface area contributed by atoms with E-state index < -0.39 is 26.7 Å². The standard InChI is InChI=1S/C12H13N3O4S/c1-8(11(13)16)20(17,18)7-10-14-12(15-19-10)9-5-3-2-4-6-9/h2-6,8H,7H2,1H3,(H2,13,16)/t8-/m1/s1. The van der Waals surface area contributed by atoms with Crippen LogP contribution in [0.3, 0.4) is 0 Å². The Kier molecular flexibility index (Phi) is 3.84. The highest BCUT2D eigenvalue weighted by atomic mass is 32.2. The van der Waals surface area contributed by atoms with Gasteiger partial charge in [-0.15, -0.1) is 0 Å². The summed E-state index contributed by atoms with van der Waals surface area (Å²) in [6, 6.07) is 8.99. The van der Waals surface area contributed by atoms with Crippen LogP contribution in [0, 0.1) is 0 Å². The molecule has 1 atom stereocenters. The van der Waals surface area contributed by atoms with E-state index in [1.54, 1.807) is 24.3 Å². The summed E-state index contributed by atoms with van der Waals surface area (Å²) in [6.45, 7) is 1.23. The Balaban J connectivity index is 2.21. The highest BCUT2D eigenvalue weighted by Crippen LogP contribution is 2.17. The maximum absolute atomic E-state index is 11.9. The van der Waals surface area contributed by atoms with Gasteiger partial charge in [-0.3, -0.25) is 4.79 Å². The van der Waals surface area contributed by atoms with Crippen LogP contribution < -0.4 is 5.73 Å². The van der Waals surface area contributed by atoms with Crippen LogP contribution in [0.1, 0.15) is 12.8 Å². The molecule has 0 saturated heterocycles. The number of carbonyl (C=O) groups excluding carboxylic acids is 1. The number of sulfone groups is 1. The molecule has 0 saturated carbocycles. The van der Waals surface area contributed by atoms with Gasteiger partial charge in [0.05, 0.1) is 0 Å². The summed E-state index contributed by atoms with van der Waals surface area (Å²) < 4.78 is 28.6. The third-order valence-corrected chi connectivity index (χ3v) is 4.72. The molecule has 0 unspecified atom stereocenters. The van der Waals surface area contributed by atoms with Gasteiger partial charge in [-0.25, -0.2) is 8.42 Å². The van der Waals surface area contributed by atoms with Gasteiger partial charge >= 0.3 is 0 Å². The lowest BCUT2D eigenvalue weighted by atomic mass is 10.2. The molecule has 1 aromatic heterocycles. The Morgan fingerprint density at radius 1 is 1.35 bits per heavy atom. The van der Waals surface area contributed by atoms with Crippen LogP contribution in [0.2, 0.25) is 0 Å². The maximum Gasteiger partial charge on any atom is 0.242 e. The Morgan fingerprint density at radius 2 is 2.00 bits per heavy atom. The van der Waals surface area contributed by atoms with E-state index in [1.165, 1.54) is 6.92 Å². The van der Waals surface area contributed by atoms with Crippen molar-refractivity contribution < 1.29 is 17.7 Å². The van der Waals surface area contributed by atoms with Crippen molar-refractivity contribution in [1.29, 1.82) is 0 Å². The molecule has 0 aliphatic rings. The van der Waals surface area contributed by atoms with Gasteiger partial charge in [0.2, 0.25) is 17.6 Å². The van der Waals surface area contributed by atoms with Crippen molar-refractivity contribution in [2.45, 2.75) is 17.9 Å². The molecule has 2 N–H and O–H groups in total. The zero-order valence-corrected chi connectivity index (χ0v) is 11.5. The lowest BCUT2D eigenvalue weighted by Crippen LogP contribution is -2.34. The largest absolute Gasteiger partial charge is 0.369 e. The second-order valence-electron chi connectivity index (χ2n) is 4.23. The number of amides is 1. The first kappa shape index (κ1) is 14.2. The summed E-state index contributed by atoms with van der Waals surface area (Å²) in [6.07, 6.45) is 0. The summed E-state index contributed by atoms with van der Waals surface area (Å²) in [5.74, 6) is -1.20. The molecule has 2 aromatic rings. The van der Waals surface area contributed by atoms with E-state index in [-0.39, 0.29) is 5.89 Å². The van der Waals surface area contributed by atoms with Gasteiger partial charge in [-0.05, 0) is 6.92 Å². The van der Waals surface area contributed by atoms with E-state index in [0.717, 1.165) is 0 Å². The number of hydrogen-bond donors (Lipinski definition) is 1. The number of nitrogens with two attached hydrogens (primary N) is 1. The van der Waals surface area contributed by atoms with Gasteiger partial charge in [0.1, 0.15) is 11.0 Å². The van der Waals surface area contributed by atoms with Gasteiger partial charge in [0.25, 0.3) is 0 Å². The molecular weight excluding hydrogens is 282 g/mol. The van der Waals surface area contributed by atoms with Crippen molar-refractivity contribution in [2.75, 3.05) is 0 Å². The van der Waals surface area contributed by atoms with Gasteiger partial charge in [0.15, 0.2) is 9.84 Å². The van der Waals surface area contributed by atoms with E-state index in [0.29, 0.717) is 11.4 Å². The molecule has 8 heteroatoms. The fourth-order valence-electron chi connectivity index (χ4n) is 1.49. The van der Waals surface area contributed by atoms with Crippen LogP contribution >= 0.6 is 0 Å². The van der Waals surface area contributed by atoms with E-state index in [1.807, 2.05) is 6.07 Å². The topological polar surface area (TPSA) is 116 Å². The van der Waals surface area contributed by atoms with E-state index in [9.17, 15) is 13.2 Å². The zero-order chi connectivity index (χ0) is 14.8. The minimum Gasteiger partial charge on any atom is -0.369 e. The van der Waals surface area contributed by atoms with Crippen molar-refractivity contribution in [3.05, 3.63) is 36.2 Å². The molecule has 0 bridgehead atoms. The molecule has 2 rings (SSSR count). The predicted molar refractivity (Wildman–Crippen MR) is 71.0 cm³/mol. The van der Waals surface area contributed by atoms with Crippen molar-refractivity contribution in [2.24, 2.45) is 5.73 Å². The summed E-state index contributed by atoms with van der Waals surface area (Å²) in [4.78, 5) is 14.9. The molecule has 1 heterocycles. The Hall–Kier alpha value is -2.22. The van der Waals surface area contributed by atoms with Gasteiger partial charge in [0, 0.05) is 5.56 Å². The number of carbonyl (C=O) groups is 1. The van der Waals surface area contributed by atoms with Crippen LogP contribution in [-0.2, 0) is 20.4 Å². The molecule has 106 valence electrons. The normalized spacial score (nSPS) is 13.1. The molecule has 0 aliphatic heterocycles. The molecular formula is C12H13N3O4S. The monoisotopic (exact) mass is 295 g/mol.